The normalized spacial score (nSPS) is 20.4. The van der Waals surface area contributed by atoms with Gasteiger partial charge in [0.15, 0.2) is 0 Å². The molecule has 0 radical (unpaired) electrons. The number of rotatable bonds is 3. The van der Waals surface area contributed by atoms with Crippen LogP contribution in [0.3, 0.4) is 0 Å². The van der Waals surface area contributed by atoms with Gasteiger partial charge >= 0.3 is 6.03 Å². The highest BCUT2D eigenvalue weighted by atomic mass is 35.5. The van der Waals surface area contributed by atoms with Gasteiger partial charge < -0.3 is 16.0 Å². The zero-order valence-electron chi connectivity index (χ0n) is 12.6. The molecule has 3 amide bonds. The van der Waals surface area contributed by atoms with Crippen LogP contribution < -0.4 is 16.0 Å². The Hall–Kier alpha value is -1.86. The number of halogens is 2. The van der Waals surface area contributed by atoms with Gasteiger partial charge in [0.1, 0.15) is 5.82 Å². The molecule has 8 heteroatoms. The van der Waals surface area contributed by atoms with E-state index in [-0.39, 0.29) is 36.0 Å². The van der Waals surface area contributed by atoms with Gasteiger partial charge in [-0.15, -0.1) is 12.4 Å². The minimum Gasteiger partial charge on any atom is -0.336 e. The third-order valence-electron chi connectivity index (χ3n) is 4.26. The third-order valence-corrected chi connectivity index (χ3v) is 4.26. The van der Waals surface area contributed by atoms with Crippen LogP contribution in [0, 0.1) is 5.82 Å². The molecule has 2 aliphatic heterocycles. The van der Waals surface area contributed by atoms with Crippen LogP contribution >= 0.6 is 12.4 Å². The highest BCUT2D eigenvalue weighted by Gasteiger charge is 2.31. The van der Waals surface area contributed by atoms with Crippen molar-refractivity contribution in [1.29, 1.82) is 0 Å². The van der Waals surface area contributed by atoms with Crippen LogP contribution in [0.5, 0.6) is 0 Å². The van der Waals surface area contributed by atoms with E-state index in [0.29, 0.717) is 31.9 Å². The summed E-state index contributed by atoms with van der Waals surface area (Å²) in [6.07, 6.45) is 1.72. The fraction of sp³-hybridized carbons (Fsp3) is 0.467. The van der Waals surface area contributed by atoms with Gasteiger partial charge in [-0.05, 0) is 31.0 Å². The second-order valence-electron chi connectivity index (χ2n) is 5.58. The van der Waals surface area contributed by atoms with E-state index in [1.54, 1.807) is 4.90 Å². The van der Waals surface area contributed by atoms with Gasteiger partial charge in [0.05, 0.1) is 5.56 Å². The second kappa shape index (κ2) is 7.14. The predicted molar refractivity (Wildman–Crippen MR) is 87.5 cm³/mol. The Balaban J connectivity index is 0.00000192. The molecule has 23 heavy (non-hydrogen) atoms. The molecule has 1 unspecified atom stereocenters. The van der Waals surface area contributed by atoms with Crippen molar-refractivity contribution in [2.75, 3.05) is 31.1 Å². The first-order valence-corrected chi connectivity index (χ1v) is 7.48. The first-order chi connectivity index (χ1) is 10.6. The van der Waals surface area contributed by atoms with Crippen LogP contribution in [-0.4, -0.2) is 49.1 Å². The number of carbonyl (C=O) groups excluding carboxylic acids is 2. The average Bonchev–Trinajstić information content (AvgIpc) is 3.15. The minimum absolute atomic E-state index is 0. The van der Waals surface area contributed by atoms with Gasteiger partial charge in [-0.25, -0.2) is 9.18 Å². The standard InChI is InChI=1S/C15H19FN4O2.ClH/c16-13-4-3-10(20-7-5-18-15(20)22)8-12(13)14(21)19-6-1-2-11(19)9-17;/h3-4,8,11H,1-2,5-7,9,17H2,(H,18,22);1H. The molecule has 2 heterocycles. The molecule has 2 saturated heterocycles. The van der Waals surface area contributed by atoms with Crippen molar-refractivity contribution in [2.24, 2.45) is 5.73 Å². The second-order valence-corrected chi connectivity index (χ2v) is 5.58. The summed E-state index contributed by atoms with van der Waals surface area (Å²) in [7, 11) is 0. The molecule has 0 spiro atoms. The van der Waals surface area contributed by atoms with Crippen molar-refractivity contribution in [3.8, 4) is 0 Å². The lowest BCUT2D eigenvalue weighted by atomic mass is 10.1. The average molecular weight is 343 g/mol. The van der Waals surface area contributed by atoms with Crippen molar-refractivity contribution < 1.29 is 14.0 Å². The van der Waals surface area contributed by atoms with E-state index >= 15 is 0 Å². The summed E-state index contributed by atoms with van der Waals surface area (Å²) in [4.78, 5) is 27.4. The fourth-order valence-electron chi connectivity index (χ4n) is 3.07. The molecule has 0 saturated carbocycles. The summed E-state index contributed by atoms with van der Waals surface area (Å²) in [6.45, 7) is 2.02. The number of nitrogens with two attached hydrogens (primary N) is 1. The maximum absolute atomic E-state index is 14.1. The van der Waals surface area contributed by atoms with Crippen LogP contribution in [0.4, 0.5) is 14.9 Å². The Morgan fingerprint density at radius 1 is 1.39 bits per heavy atom. The van der Waals surface area contributed by atoms with E-state index < -0.39 is 5.82 Å². The van der Waals surface area contributed by atoms with Crippen LogP contribution in [0.2, 0.25) is 0 Å². The van der Waals surface area contributed by atoms with Crippen molar-refractivity contribution in [2.45, 2.75) is 18.9 Å². The lowest BCUT2D eigenvalue weighted by Gasteiger charge is -2.24. The summed E-state index contributed by atoms with van der Waals surface area (Å²) in [5, 5.41) is 2.68. The van der Waals surface area contributed by atoms with Crippen molar-refractivity contribution in [1.82, 2.24) is 10.2 Å². The number of nitrogens with one attached hydrogen (secondary N) is 1. The topological polar surface area (TPSA) is 78.7 Å². The largest absolute Gasteiger partial charge is 0.336 e. The lowest BCUT2D eigenvalue weighted by molar-refractivity contribution is 0.0736. The Morgan fingerprint density at radius 3 is 2.83 bits per heavy atom. The van der Waals surface area contributed by atoms with Gasteiger partial charge in [-0.1, -0.05) is 0 Å². The summed E-state index contributed by atoms with van der Waals surface area (Å²) in [5.41, 5.74) is 6.21. The molecule has 1 aromatic carbocycles. The number of carbonyl (C=O) groups is 2. The molecule has 3 rings (SSSR count). The van der Waals surface area contributed by atoms with E-state index in [2.05, 4.69) is 5.32 Å². The van der Waals surface area contributed by atoms with Crippen LogP contribution in [-0.2, 0) is 0 Å². The third kappa shape index (κ3) is 3.25. The van der Waals surface area contributed by atoms with Crippen molar-refractivity contribution in [3.05, 3.63) is 29.6 Å². The number of benzene rings is 1. The van der Waals surface area contributed by atoms with E-state index in [0.717, 1.165) is 12.8 Å². The molecule has 1 atom stereocenters. The summed E-state index contributed by atoms with van der Waals surface area (Å²) in [5.74, 6) is -0.928. The highest BCUT2D eigenvalue weighted by Crippen LogP contribution is 2.25. The van der Waals surface area contributed by atoms with E-state index in [1.165, 1.54) is 23.1 Å². The number of hydrogen-bond acceptors (Lipinski definition) is 3. The molecule has 2 aliphatic rings. The number of hydrogen-bond donors (Lipinski definition) is 2. The number of nitrogens with zero attached hydrogens (tertiary/aromatic N) is 2. The molecule has 1 aromatic rings. The van der Waals surface area contributed by atoms with Crippen LogP contribution in [0.1, 0.15) is 23.2 Å². The van der Waals surface area contributed by atoms with Crippen LogP contribution in [0.25, 0.3) is 0 Å². The SMILES string of the molecule is Cl.NCC1CCCN1C(=O)c1cc(N2CCNC2=O)ccc1F. The van der Waals surface area contributed by atoms with Gasteiger partial charge in [0, 0.05) is 37.9 Å². The highest BCUT2D eigenvalue weighted by molar-refractivity contribution is 5.98. The first-order valence-electron chi connectivity index (χ1n) is 7.48. The minimum atomic E-state index is -0.573. The molecule has 0 aromatic heterocycles. The monoisotopic (exact) mass is 342 g/mol. The molecule has 126 valence electrons. The van der Waals surface area contributed by atoms with E-state index in [4.69, 9.17) is 5.73 Å². The molecule has 3 N–H and O–H groups in total. The fourth-order valence-corrected chi connectivity index (χ4v) is 3.07. The summed E-state index contributed by atoms with van der Waals surface area (Å²) in [6, 6.07) is 3.94. The molecule has 0 aliphatic carbocycles. The van der Waals surface area contributed by atoms with Crippen molar-refractivity contribution in [3.63, 3.8) is 0 Å². The predicted octanol–water partition coefficient (Wildman–Crippen LogP) is 1.34. The first kappa shape index (κ1) is 17.5. The van der Waals surface area contributed by atoms with E-state index in [1.807, 2.05) is 0 Å². The molecule has 2 fully saturated rings. The molecule has 6 nitrogen and oxygen atoms in total. The number of amides is 3. The summed E-state index contributed by atoms with van der Waals surface area (Å²) < 4.78 is 14.1. The number of urea groups is 1. The van der Waals surface area contributed by atoms with Gasteiger partial charge in [0.2, 0.25) is 0 Å². The number of likely N-dealkylation sites (tertiary alicyclic amines) is 1. The quantitative estimate of drug-likeness (QED) is 0.870. The smallest absolute Gasteiger partial charge is 0.321 e. The van der Waals surface area contributed by atoms with Gasteiger partial charge in [-0.2, -0.15) is 0 Å². The molecular formula is C15H20ClFN4O2. The zero-order chi connectivity index (χ0) is 15.7. The summed E-state index contributed by atoms with van der Waals surface area (Å²) >= 11 is 0. The lowest BCUT2D eigenvalue weighted by Crippen LogP contribution is -2.40. The Kier molecular flexibility index (Phi) is 5.43. The number of anilines is 1. The Bertz CT molecular complexity index is 613. The van der Waals surface area contributed by atoms with E-state index in [9.17, 15) is 14.0 Å². The maximum Gasteiger partial charge on any atom is 0.321 e. The van der Waals surface area contributed by atoms with Gasteiger partial charge in [-0.3, -0.25) is 9.69 Å². The Morgan fingerprint density at radius 2 is 2.17 bits per heavy atom. The zero-order valence-corrected chi connectivity index (χ0v) is 13.4. The van der Waals surface area contributed by atoms with Gasteiger partial charge in [0.25, 0.3) is 5.91 Å². The van der Waals surface area contributed by atoms with Crippen molar-refractivity contribution >= 4 is 30.0 Å². The molecular weight excluding hydrogens is 323 g/mol. The van der Waals surface area contributed by atoms with Crippen LogP contribution in [0.15, 0.2) is 18.2 Å². The Labute approximate surface area is 140 Å². The molecule has 0 bridgehead atoms. The maximum atomic E-state index is 14.1.